The van der Waals surface area contributed by atoms with E-state index in [1.165, 1.54) is 20.3 Å². The molecule has 0 bridgehead atoms. The molecule has 2 rings (SSSR count). The zero-order chi connectivity index (χ0) is 19.7. The van der Waals surface area contributed by atoms with Crippen molar-refractivity contribution in [3.8, 4) is 11.5 Å². The highest BCUT2D eigenvalue weighted by atomic mass is 32.2. The Hall–Kier alpha value is -2.56. The van der Waals surface area contributed by atoms with Crippen molar-refractivity contribution in [2.24, 2.45) is 0 Å². The highest BCUT2D eigenvalue weighted by molar-refractivity contribution is 7.92. The van der Waals surface area contributed by atoms with Gasteiger partial charge in [-0.2, -0.15) is 13.2 Å². The van der Waals surface area contributed by atoms with Gasteiger partial charge in [0.2, 0.25) is 0 Å². The summed E-state index contributed by atoms with van der Waals surface area (Å²) >= 11 is 0. The lowest BCUT2D eigenvalue weighted by molar-refractivity contribution is -0.140. The fourth-order valence-electron chi connectivity index (χ4n) is 2.03. The van der Waals surface area contributed by atoms with Crippen LogP contribution in [0.4, 0.5) is 27.6 Å². The molecule has 0 aliphatic rings. The Morgan fingerprint density at radius 1 is 0.923 bits per heavy atom. The number of benzene rings is 2. The van der Waals surface area contributed by atoms with E-state index in [0.29, 0.717) is 0 Å². The minimum absolute atomic E-state index is 0.0504. The van der Waals surface area contributed by atoms with Crippen molar-refractivity contribution in [1.29, 1.82) is 0 Å². The lowest BCUT2D eigenvalue weighted by atomic mass is 10.2. The lowest BCUT2D eigenvalue weighted by Crippen LogP contribution is -2.16. The molecule has 0 radical (unpaired) electrons. The van der Waals surface area contributed by atoms with Crippen LogP contribution in [0.15, 0.2) is 35.2 Å². The van der Waals surface area contributed by atoms with Crippen molar-refractivity contribution >= 4 is 15.7 Å². The number of alkyl halides is 3. The van der Waals surface area contributed by atoms with Gasteiger partial charge in [-0.1, -0.05) is 0 Å². The highest BCUT2D eigenvalue weighted by Crippen LogP contribution is 2.35. The van der Waals surface area contributed by atoms with E-state index in [1.54, 1.807) is 4.72 Å². The van der Waals surface area contributed by atoms with Crippen LogP contribution in [0.1, 0.15) is 5.56 Å². The molecule has 142 valence electrons. The van der Waals surface area contributed by atoms with Gasteiger partial charge >= 0.3 is 6.18 Å². The van der Waals surface area contributed by atoms with Crippen LogP contribution in [0.2, 0.25) is 0 Å². The number of nitrogens with one attached hydrogen (secondary N) is 1. The lowest BCUT2D eigenvalue weighted by Gasteiger charge is -2.14. The van der Waals surface area contributed by atoms with Crippen molar-refractivity contribution < 1.29 is 39.8 Å². The van der Waals surface area contributed by atoms with E-state index in [4.69, 9.17) is 9.47 Å². The SMILES string of the molecule is COc1ccc(S(=O)(=O)Nc2cc(F)c(C(F)(F)F)cc2F)cc1OC. The van der Waals surface area contributed by atoms with Crippen molar-refractivity contribution in [3.05, 3.63) is 47.5 Å². The summed E-state index contributed by atoms with van der Waals surface area (Å²) in [5, 5.41) is 0. The zero-order valence-corrected chi connectivity index (χ0v) is 14.1. The molecular formula is C15H12F5NO4S. The Kier molecular flexibility index (Phi) is 5.31. The Balaban J connectivity index is 2.43. The summed E-state index contributed by atoms with van der Waals surface area (Å²) in [4.78, 5) is -0.394. The van der Waals surface area contributed by atoms with Crippen LogP contribution in [0.5, 0.6) is 11.5 Å². The average molecular weight is 397 g/mol. The summed E-state index contributed by atoms with van der Waals surface area (Å²) in [5.41, 5.74) is -2.81. The number of ether oxygens (including phenoxy) is 2. The number of hydrogen-bond acceptors (Lipinski definition) is 4. The van der Waals surface area contributed by atoms with E-state index in [9.17, 15) is 30.4 Å². The average Bonchev–Trinajstić information content (AvgIpc) is 2.55. The maximum Gasteiger partial charge on any atom is 0.419 e. The van der Waals surface area contributed by atoms with Crippen molar-refractivity contribution in [1.82, 2.24) is 0 Å². The third-order valence-corrected chi connectivity index (χ3v) is 4.63. The normalized spacial score (nSPS) is 12.0. The third-order valence-electron chi connectivity index (χ3n) is 3.27. The van der Waals surface area contributed by atoms with Crippen molar-refractivity contribution in [2.45, 2.75) is 11.1 Å². The fraction of sp³-hybridized carbons (Fsp3) is 0.200. The third kappa shape index (κ3) is 3.98. The van der Waals surface area contributed by atoms with Crippen molar-refractivity contribution in [3.63, 3.8) is 0 Å². The number of hydrogen-bond donors (Lipinski definition) is 1. The van der Waals surface area contributed by atoms with E-state index in [1.807, 2.05) is 0 Å². The first kappa shape index (κ1) is 19.8. The predicted octanol–water partition coefficient (Wildman–Crippen LogP) is 3.80. The number of sulfonamides is 1. The van der Waals surface area contributed by atoms with Crippen LogP contribution in [-0.4, -0.2) is 22.6 Å². The quantitative estimate of drug-likeness (QED) is 0.780. The topological polar surface area (TPSA) is 64.6 Å². The summed E-state index contributed by atoms with van der Waals surface area (Å²) in [6.07, 6.45) is -5.12. The summed E-state index contributed by atoms with van der Waals surface area (Å²) in [7, 11) is -1.85. The molecule has 26 heavy (non-hydrogen) atoms. The van der Waals surface area contributed by atoms with E-state index in [2.05, 4.69) is 0 Å². The minimum Gasteiger partial charge on any atom is -0.493 e. The number of rotatable bonds is 5. The number of halogens is 5. The Morgan fingerprint density at radius 2 is 1.54 bits per heavy atom. The molecule has 2 aromatic carbocycles. The molecule has 0 atom stereocenters. The molecule has 5 nitrogen and oxygen atoms in total. The molecule has 0 aliphatic heterocycles. The number of anilines is 1. The molecule has 0 unspecified atom stereocenters. The molecule has 0 spiro atoms. The second-order valence-electron chi connectivity index (χ2n) is 4.93. The van der Waals surface area contributed by atoms with Crippen LogP contribution in [0.3, 0.4) is 0 Å². The Bertz CT molecular complexity index is 928. The van der Waals surface area contributed by atoms with Gasteiger partial charge < -0.3 is 9.47 Å². The van der Waals surface area contributed by atoms with E-state index >= 15 is 0 Å². The molecule has 11 heteroatoms. The molecule has 0 heterocycles. The summed E-state index contributed by atoms with van der Waals surface area (Å²) < 4.78 is 101. The van der Waals surface area contributed by atoms with Crippen LogP contribution < -0.4 is 14.2 Å². The first-order valence-electron chi connectivity index (χ1n) is 6.80. The first-order valence-corrected chi connectivity index (χ1v) is 8.29. The smallest absolute Gasteiger partial charge is 0.419 e. The van der Waals surface area contributed by atoms with Crippen LogP contribution in [0, 0.1) is 11.6 Å². The van der Waals surface area contributed by atoms with Gasteiger partial charge in [0.15, 0.2) is 11.5 Å². The molecule has 2 aromatic rings. The summed E-state index contributed by atoms with van der Waals surface area (Å²) in [5.74, 6) is -3.13. The summed E-state index contributed by atoms with van der Waals surface area (Å²) in [6.45, 7) is 0. The molecular weight excluding hydrogens is 385 g/mol. The second-order valence-corrected chi connectivity index (χ2v) is 6.61. The van der Waals surface area contributed by atoms with Crippen LogP contribution >= 0.6 is 0 Å². The maximum atomic E-state index is 13.8. The summed E-state index contributed by atoms with van der Waals surface area (Å²) in [6, 6.07) is 3.41. The Labute approximate surface area is 145 Å². The van der Waals surface area contributed by atoms with Gasteiger partial charge in [0.1, 0.15) is 11.6 Å². The molecule has 0 saturated heterocycles. The fourth-order valence-corrected chi connectivity index (χ4v) is 3.10. The molecule has 0 fully saturated rings. The Morgan fingerprint density at radius 3 is 2.08 bits per heavy atom. The first-order chi connectivity index (χ1) is 12.0. The monoisotopic (exact) mass is 397 g/mol. The van der Waals surface area contributed by atoms with Gasteiger partial charge in [-0.05, 0) is 18.2 Å². The van der Waals surface area contributed by atoms with E-state index in [-0.39, 0.29) is 23.6 Å². The van der Waals surface area contributed by atoms with Gasteiger partial charge in [-0.25, -0.2) is 17.2 Å². The molecule has 1 N–H and O–H groups in total. The van der Waals surface area contributed by atoms with Gasteiger partial charge in [0.25, 0.3) is 10.0 Å². The molecule has 0 saturated carbocycles. The van der Waals surface area contributed by atoms with Crippen LogP contribution in [-0.2, 0) is 16.2 Å². The van der Waals surface area contributed by atoms with E-state index < -0.39 is 44.0 Å². The second kappa shape index (κ2) is 6.98. The number of methoxy groups -OCH3 is 2. The largest absolute Gasteiger partial charge is 0.493 e. The van der Waals surface area contributed by atoms with Gasteiger partial charge in [0, 0.05) is 12.1 Å². The van der Waals surface area contributed by atoms with Crippen LogP contribution in [0.25, 0.3) is 0 Å². The van der Waals surface area contributed by atoms with Gasteiger partial charge in [-0.15, -0.1) is 0 Å². The van der Waals surface area contributed by atoms with Gasteiger partial charge in [0.05, 0.1) is 30.4 Å². The zero-order valence-electron chi connectivity index (χ0n) is 13.3. The maximum absolute atomic E-state index is 13.8. The molecule has 0 amide bonds. The molecule has 0 aliphatic carbocycles. The standard InChI is InChI=1S/C15H12F5NO4S/c1-24-13-4-3-8(5-14(13)25-2)26(22,23)21-12-7-10(16)9(6-11(12)17)15(18,19)20/h3-7,21H,1-2H3. The molecule has 0 aromatic heterocycles. The van der Waals surface area contributed by atoms with Gasteiger partial charge in [-0.3, -0.25) is 4.72 Å². The predicted molar refractivity (Wildman–Crippen MR) is 81.7 cm³/mol. The highest BCUT2D eigenvalue weighted by Gasteiger charge is 2.35. The minimum atomic E-state index is -5.12. The van der Waals surface area contributed by atoms with Crippen molar-refractivity contribution in [2.75, 3.05) is 18.9 Å². The van der Waals surface area contributed by atoms with E-state index in [0.717, 1.165) is 12.1 Å².